The molecule has 0 aliphatic rings. The molecule has 0 saturated heterocycles. The number of rotatable bonds is 58. The fourth-order valence-electron chi connectivity index (χ4n) is 9.61. The third-order valence-electron chi connectivity index (χ3n) is 14.4. The van der Waals surface area contributed by atoms with Gasteiger partial charge in [-0.25, -0.2) is 0 Å². The Kier molecular flexibility index (Phi) is 58.0. The zero-order valence-corrected chi connectivity index (χ0v) is 47.0. The van der Waals surface area contributed by atoms with Gasteiger partial charge in [0.05, 0.1) is 25.4 Å². The van der Waals surface area contributed by atoms with Crippen molar-refractivity contribution in [3.8, 4) is 0 Å². The van der Waals surface area contributed by atoms with Gasteiger partial charge in [-0.3, -0.25) is 9.59 Å². The quantitative estimate of drug-likeness (QED) is 0.0321. The summed E-state index contributed by atoms with van der Waals surface area (Å²) in [5.74, 6) is -0.0682. The number of hydrogen-bond acceptors (Lipinski definition) is 5. The molecule has 0 rings (SSSR count). The Morgan fingerprint density at radius 3 is 1.09 bits per heavy atom. The lowest BCUT2D eigenvalue weighted by atomic mass is 10.0. The molecule has 1 amide bonds. The smallest absolute Gasteiger partial charge is 0.305 e. The van der Waals surface area contributed by atoms with Gasteiger partial charge in [0.1, 0.15) is 0 Å². The largest absolute Gasteiger partial charge is 0.466 e. The number of esters is 1. The lowest BCUT2D eigenvalue weighted by Crippen LogP contribution is -2.45. The van der Waals surface area contributed by atoms with Gasteiger partial charge in [-0.15, -0.1) is 0 Å². The van der Waals surface area contributed by atoms with E-state index in [1.807, 2.05) is 6.08 Å². The van der Waals surface area contributed by atoms with E-state index in [1.165, 1.54) is 250 Å². The summed E-state index contributed by atoms with van der Waals surface area (Å²) in [6.45, 7) is 4.91. The van der Waals surface area contributed by atoms with E-state index >= 15 is 0 Å². The third-order valence-corrected chi connectivity index (χ3v) is 14.4. The van der Waals surface area contributed by atoms with Crippen LogP contribution in [0, 0.1) is 0 Å². The third kappa shape index (κ3) is 55.4. The predicted octanol–water partition coefficient (Wildman–Crippen LogP) is 19.6. The topological polar surface area (TPSA) is 95.9 Å². The van der Waals surface area contributed by atoms with Crippen molar-refractivity contribution >= 4 is 11.9 Å². The second-order valence-electron chi connectivity index (χ2n) is 21.4. The van der Waals surface area contributed by atoms with Crippen molar-refractivity contribution in [2.75, 3.05) is 13.2 Å². The normalized spacial score (nSPS) is 12.8. The minimum atomic E-state index is -0.851. The van der Waals surface area contributed by atoms with E-state index < -0.39 is 12.1 Å². The maximum Gasteiger partial charge on any atom is 0.305 e. The first-order valence-electron chi connectivity index (χ1n) is 31.3. The highest BCUT2D eigenvalue weighted by atomic mass is 16.5. The van der Waals surface area contributed by atoms with Crippen molar-refractivity contribution in [2.45, 2.75) is 347 Å². The number of carbonyl (C=O) groups excluding carboxylic acids is 2. The number of unbranched alkanes of at least 4 members (excludes halogenated alkanes) is 43. The molecule has 0 fully saturated rings. The molecular weight excluding hydrogens is 863 g/mol. The fourth-order valence-corrected chi connectivity index (χ4v) is 9.61. The molecule has 3 N–H and O–H groups in total. The van der Waals surface area contributed by atoms with Crippen LogP contribution in [0.2, 0.25) is 0 Å². The van der Waals surface area contributed by atoms with Crippen LogP contribution >= 0.6 is 0 Å². The van der Waals surface area contributed by atoms with Crippen molar-refractivity contribution in [3.05, 3.63) is 36.5 Å². The molecule has 70 heavy (non-hydrogen) atoms. The van der Waals surface area contributed by atoms with Gasteiger partial charge in [0.2, 0.25) is 5.91 Å². The Balaban J connectivity index is 3.47. The molecule has 0 aromatic heterocycles. The first-order chi connectivity index (χ1) is 34.5. The molecule has 0 aliphatic carbocycles. The van der Waals surface area contributed by atoms with Crippen molar-refractivity contribution < 1.29 is 24.5 Å². The first-order valence-corrected chi connectivity index (χ1v) is 31.3. The average Bonchev–Trinajstić information content (AvgIpc) is 3.36. The van der Waals surface area contributed by atoms with Gasteiger partial charge < -0.3 is 20.3 Å². The van der Waals surface area contributed by atoms with Gasteiger partial charge in [0.15, 0.2) is 0 Å². The first kappa shape index (κ1) is 68.1. The molecule has 0 aliphatic heterocycles. The molecule has 0 spiro atoms. The summed E-state index contributed by atoms with van der Waals surface area (Å²) in [5, 5.41) is 23.1. The van der Waals surface area contributed by atoms with Gasteiger partial charge in [-0.05, 0) is 64.2 Å². The second-order valence-corrected chi connectivity index (χ2v) is 21.4. The Hall–Kier alpha value is -1.92. The predicted molar refractivity (Wildman–Crippen MR) is 306 cm³/mol. The van der Waals surface area contributed by atoms with Gasteiger partial charge in [0.25, 0.3) is 0 Å². The summed E-state index contributed by atoms with van der Waals surface area (Å²) in [6, 6.07) is -0.636. The molecule has 0 aromatic rings. The van der Waals surface area contributed by atoms with Crippen molar-refractivity contribution in [1.82, 2.24) is 5.32 Å². The summed E-state index contributed by atoms with van der Waals surface area (Å²) in [5.41, 5.74) is 0. The molecular formula is C64H121NO5. The highest BCUT2D eigenvalue weighted by Gasteiger charge is 2.18. The van der Waals surface area contributed by atoms with E-state index in [9.17, 15) is 19.8 Å². The standard InChI is InChI=1S/C64H121NO5/c1-3-5-7-9-11-13-15-17-19-29-32-36-40-44-48-52-56-62(67)61(60-66)65-63(68)57-53-49-45-41-37-33-30-27-25-23-21-20-22-24-26-28-31-35-39-43-47-51-55-59-70-64(69)58-54-50-46-42-38-34-18-16-14-12-10-8-6-4-2/h20,22-23,25,52,56,61-62,66-67H,3-19,21,24,26-51,53-55,57-60H2,1-2H3,(H,65,68)/b22-20-,25-23-,56-52+. The van der Waals surface area contributed by atoms with E-state index in [0.29, 0.717) is 19.4 Å². The van der Waals surface area contributed by atoms with E-state index in [2.05, 4.69) is 43.5 Å². The molecule has 0 heterocycles. The van der Waals surface area contributed by atoms with E-state index in [0.717, 1.165) is 57.8 Å². The van der Waals surface area contributed by atoms with E-state index in [-0.39, 0.29) is 18.5 Å². The Morgan fingerprint density at radius 1 is 0.400 bits per heavy atom. The van der Waals surface area contributed by atoms with Crippen LogP contribution in [0.15, 0.2) is 36.5 Å². The van der Waals surface area contributed by atoms with Crippen LogP contribution in [0.1, 0.15) is 335 Å². The van der Waals surface area contributed by atoms with Gasteiger partial charge in [-0.1, -0.05) is 294 Å². The average molecular weight is 985 g/mol. The number of ether oxygens (including phenoxy) is 1. The fraction of sp³-hybridized carbons (Fsp3) is 0.875. The molecule has 2 atom stereocenters. The molecule has 412 valence electrons. The summed E-state index contributed by atoms with van der Waals surface area (Å²) in [4.78, 5) is 24.5. The minimum Gasteiger partial charge on any atom is -0.466 e. The molecule has 0 radical (unpaired) electrons. The summed E-state index contributed by atoms with van der Waals surface area (Å²) in [6.07, 6.45) is 74.7. The molecule has 0 bridgehead atoms. The van der Waals surface area contributed by atoms with Crippen LogP contribution in [0.25, 0.3) is 0 Å². The van der Waals surface area contributed by atoms with Crippen molar-refractivity contribution in [3.63, 3.8) is 0 Å². The van der Waals surface area contributed by atoms with Crippen LogP contribution in [-0.4, -0.2) is 47.4 Å². The lowest BCUT2D eigenvalue weighted by Gasteiger charge is -2.20. The highest BCUT2D eigenvalue weighted by Crippen LogP contribution is 2.17. The minimum absolute atomic E-state index is 0.00882. The van der Waals surface area contributed by atoms with E-state index in [4.69, 9.17) is 4.74 Å². The Labute approximate surface area is 436 Å². The number of amides is 1. The molecule has 6 heteroatoms. The number of nitrogens with one attached hydrogen (secondary N) is 1. The van der Waals surface area contributed by atoms with Crippen LogP contribution in [0.3, 0.4) is 0 Å². The maximum absolute atomic E-state index is 12.5. The summed E-state index contributed by atoms with van der Waals surface area (Å²) in [7, 11) is 0. The van der Waals surface area contributed by atoms with Crippen LogP contribution in [-0.2, 0) is 14.3 Å². The number of aliphatic hydroxyl groups is 2. The number of hydrogen-bond donors (Lipinski definition) is 3. The van der Waals surface area contributed by atoms with Gasteiger partial charge in [-0.2, -0.15) is 0 Å². The van der Waals surface area contributed by atoms with Crippen molar-refractivity contribution in [2.24, 2.45) is 0 Å². The van der Waals surface area contributed by atoms with Crippen LogP contribution < -0.4 is 5.32 Å². The number of aliphatic hydroxyl groups excluding tert-OH is 2. The number of carbonyl (C=O) groups is 2. The van der Waals surface area contributed by atoms with Gasteiger partial charge >= 0.3 is 5.97 Å². The maximum atomic E-state index is 12.5. The van der Waals surface area contributed by atoms with E-state index in [1.54, 1.807) is 6.08 Å². The van der Waals surface area contributed by atoms with Crippen LogP contribution in [0.5, 0.6) is 0 Å². The van der Waals surface area contributed by atoms with Crippen LogP contribution in [0.4, 0.5) is 0 Å². The summed E-state index contributed by atoms with van der Waals surface area (Å²) < 4.78 is 5.48. The number of allylic oxidation sites excluding steroid dienone is 5. The zero-order chi connectivity index (χ0) is 50.7. The molecule has 2 unspecified atom stereocenters. The molecule has 0 saturated carbocycles. The molecule has 6 nitrogen and oxygen atoms in total. The Bertz CT molecular complexity index is 1130. The molecule has 0 aromatic carbocycles. The SMILES string of the molecule is CCCCCCCCCCCCCCCC/C=C/C(O)C(CO)NC(=O)CCCCCCCCC/C=C\C/C=C\CCCCCCCCCCCOC(=O)CCCCCCCCCCCCCCCC. The second kappa shape index (κ2) is 59.6. The summed E-state index contributed by atoms with van der Waals surface area (Å²) >= 11 is 0. The van der Waals surface area contributed by atoms with Crippen molar-refractivity contribution in [1.29, 1.82) is 0 Å². The zero-order valence-electron chi connectivity index (χ0n) is 47.0. The monoisotopic (exact) mass is 984 g/mol. The highest BCUT2D eigenvalue weighted by molar-refractivity contribution is 5.76. The lowest BCUT2D eigenvalue weighted by molar-refractivity contribution is -0.143. The Morgan fingerprint density at radius 2 is 0.714 bits per heavy atom. The van der Waals surface area contributed by atoms with Gasteiger partial charge in [0, 0.05) is 12.8 Å².